The van der Waals surface area contributed by atoms with Gasteiger partial charge in [0.1, 0.15) is 0 Å². The van der Waals surface area contributed by atoms with E-state index in [1.54, 1.807) is 49.4 Å². The number of amides is 3. The van der Waals surface area contributed by atoms with Crippen LogP contribution >= 0.6 is 11.3 Å². The molecule has 1 fully saturated rings. The van der Waals surface area contributed by atoms with E-state index in [-0.39, 0.29) is 30.7 Å². The number of carbonyl (C=O) groups is 4. The van der Waals surface area contributed by atoms with Gasteiger partial charge in [0, 0.05) is 30.3 Å². The third-order valence-electron chi connectivity index (χ3n) is 5.75. The zero-order valence-corrected chi connectivity index (χ0v) is 18.8. The highest BCUT2D eigenvalue weighted by atomic mass is 32.1. The zero-order valence-electron chi connectivity index (χ0n) is 18.0. The molecule has 1 unspecified atom stereocenters. The third kappa shape index (κ3) is 3.66. The van der Waals surface area contributed by atoms with E-state index in [0.29, 0.717) is 24.2 Å². The van der Waals surface area contributed by atoms with E-state index in [1.165, 1.54) is 9.80 Å². The fraction of sp³-hybridized carbons (Fsp3) is 0.391. The van der Waals surface area contributed by atoms with Gasteiger partial charge in [0.05, 0.1) is 11.3 Å². The summed E-state index contributed by atoms with van der Waals surface area (Å²) in [5, 5.41) is 4.70. The number of para-hydroxylation sites is 1. The largest absolute Gasteiger partial charge is 0.452 e. The molecule has 1 N–H and O–H groups in total. The first kappa shape index (κ1) is 22.0. The molecule has 1 saturated heterocycles. The van der Waals surface area contributed by atoms with E-state index in [0.717, 1.165) is 4.88 Å². The lowest BCUT2D eigenvalue weighted by atomic mass is 9.95. The second kappa shape index (κ2) is 8.74. The summed E-state index contributed by atoms with van der Waals surface area (Å²) >= 11 is 1.61. The fourth-order valence-corrected chi connectivity index (χ4v) is 5.16. The summed E-state index contributed by atoms with van der Waals surface area (Å²) in [5.41, 5.74) is -0.825. The van der Waals surface area contributed by atoms with Crippen LogP contribution in [-0.4, -0.2) is 53.4 Å². The number of ether oxygens (including phenoxy) is 1. The molecule has 0 saturated carbocycles. The monoisotopic (exact) mass is 455 g/mol. The molecule has 2 aliphatic heterocycles. The van der Waals surface area contributed by atoms with E-state index < -0.39 is 24.1 Å². The lowest BCUT2D eigenvalue weighted by Gasteiger charge is -2.50. The van der Waals surface area contributed by atoms with E-state index in [4.69, 9.17) is 4.74 Å². The number of hydrogen-bond donors (Lipinski definition) is 1. The van der Waals surface area contributed by atoms with E-state index in [9.17, 15) is 19.2 Å². The Morgan fingerprint density at radius 2 is 1.97 bits per heavy atom. The van der Waals surface area contributed by atoms with Crippen LogP contribution < -0.4 is 10.2 Å². The Balaban J connectivity index is 1.53. The predicted octanol–water partition coefficient (Wildman–Crippen LogP) is 2.34. The molecule has 8 nitrogen and oxygen atoms in total. The minimum absolute atomic E-state index is 0.104. The first-order valence-electron chi connectivity index (χ1n) is 10.6. The Morgan fingerprint density at radius 3 is 2.69 bits per heavy atom. The van der Waals surface area contributed by atoms with Crippen molar-refractivity contribution in [2.75, 3.05) is 18.1 Å². The molecule has 2 aromatic rings. The molecule has 32 heavy (non-hydrogen) atoms. The van der Waals surface area contributed by atoms with Crippen molar-refractivity contribution >= 4 is 40.7 Å². The number of nitrogens with zero attached hydrogens (tertiary/aromatic N) is 2. The summed E-state index contributed by atoms with van der Waals surface area (Å²) in [4.78, 5) is 55.7. The first-order chi connectivity index (χ1) is 15.4. The maximum atomic E-state index is 13.4. The van der Waals surface area contributed by atoms with E-state index >= 15 is 0 Å². The molecule has 168 valence electrons. The van der Waals surface area contributed by atoms with Crippen LogP contribution in [0.15, 0.2) is 41.8 Å². The molecule has 2 aliphatic rings. The highest BCUT2D eigenvalue weighted by Gasteiger charge is 2.62. The fourth-order valence-electron chi connectivity index (χ4n) is 4.45. The summed E-state index contributed by atoms with van der Waals surface area (Å²) in [5.74, 6) is -1.79. The number of rotatable bonds is 7. The molecule has 0 spiro atoms. The molecule has 4 rings (SSSR count). The predicted molar refractivity (Wildman–Crippen MR) is 119 cm³/mol. The average Bonchev–Trinajstić information content (AvgIpc) is 3.40. The van der Waals surface area contributed by atoms with Crippen molar-refractivity contribution in [3.05, 3.63) is 52.2 Å². The summed E-state index contributed by atoms with van der Waals surface area (Å²) in [6, 6.07) is 10.3. The average molecular weight is 456 g/mol. The topological polar surface area (TPSA) is 96.0 Å². The van der Waals surface area contributed by atoms with Gasteiger partial charge in [-0.15, -0.1) is 11.3 Å². The Hall–Kier alpha value is -3.20. The number of thiophene rings is 1. The van der Waals surface area contributed by atoms with Gasteiger partial charge in [0.2, 0.25) is 11.6 Å². The van der Waals surface area contributed by atoms with Crippen LogP contribution in [0.4, 0.5) is 5.69 Å². The van der Waals surface area contributed by atoms with Gasteiger partial charge in [0.25, 0.3) is 11.8 Å². The molecule has 0 radical (unpaired) electrons. The first-order valence-corrected chi connectivity index (χ1v) is 11.5. The second-order valence-electron chi connectivity index (χ2n) is 8.09. The molecule has 3 amide bonds. The molecular formula is C23H25N3O5S. The highest BCUT2D eigenvalue weighted by Crippen LogP contribution is 2.45. The number of benzene rings is 1. The Kier molecular flexibility index (Phi) is 6.01. The minimum atomic E-state index is -1.59. The van der Waals surface area contributed by atoms with Crippen molar-refractivity contribution in [3.8, 4) is 0 Å². The number of nitrogens with one attached hydrogen (secondary N) is 1. The van der Waals surface area contributed by atoms with Crippen LogP contribution in [0.2, 0.25) is 0 Å². The van der Waals surface area contributed by atoms with E-state index in [1.807, 2.05) is 17.5 Å². The molecular weight excluding hydrogens is 430 g/mol. The molecule has 0 bridgehead atoms. The van der Waals surface area contributed by atoms with Crippen molar-refractivity contribution in [1.82, 2.24) is 10.2 Å². The van der Waals surface area contributed by atoms with E-state index in [2.05, 4.69) is 5.32 Å². The standard InChI is InChI=1S/C23H25N3O5S/c1-15(2)25-21(29)17-7-3-4-8-18(17)26-20(28)9-11-23(25,26)22(30)31-14-19(27)24-12-10-16-6-5-13-32-16/h3-8,13,15H,9-12,14H2,1-2H3,(H,24,27). The normalized spacial score (nSPS) is 19.7. The molecule has 9 heteroatoms. The van der Waals surface area contributed by atoms with Crippen LogP contribution in [0.3, 0.4) is 0 Å². The van der Waals surface area contributed by atoms with Crippen molar-refractivity contribution in [3.63, 3.8) is 0 Å². The second-order valence-corrected chi connectivity index (χ2v) is 9.12. The maximum absolute atomic E-state index is 13.4. The number of anilines is 1. The van der Waals surface area contributed by atoms with Gasteiger partial charge in [-0.2, -0.15) is 0 Å². The van der Waals surface area contributed by atoms with Crippen molar-refractivity contribution in [1.29, 1.82) is 0 Å². The van der Waals surface area contributed by atoms with Crippen LogP contribution in [0, 0.1) is 0 Å². The third-order valence-corrected chi connectivity index (χ3v) is 6.69. The molecule has 1 aromatic carbocycles. The van der Waals surface area contributed by atoms with Crippen molar-refractivity contribution in [2.45, 2.75) is 44.8 Å². The quantitative estimate of drug-likeness (QED) is 0.647. The Bertz CT molecular complexity index is 1050. The molecule has 1 aromatic heterocycles. The van der Waals surface area contributed by atoms with Gasteiger partial charge in [0.15, 0.2) is 6.61 Å². The van der Waals surface area contributed by atoms with Crippen molar-refractivity contribution in [2.24, 2.45) is 0 Å². The number of fused-ring (bicyclic) bond motifs is 3. The van der Waals surface area contributed by atoms with Gasteiger partial charge in [-0.05, 0) is 43.8 Å². The number of hydrogen-bond acceptors (Lipinski definition) is 6. The van der Waals surface area contributed by atoms with Gasteiger partial charge >= 0.3 is 5.97 Å². The van der Waals surface area contributed by atoms with Crippen LogP contribution in [-0.2, 0) is 25.5 Å². The smallest absolute Gasteiger partial charge is 0.354 e. The van der Waals surface area contributed by atoms with Gasteiger partial charge in [-0.1, -0.05) is 18.2 Å². The minimum Gasteiger partial charge on any atom is -0.452 e. The highest BCUT2D eigenvalue weighted by molar-refractivity contribution is 7.09. The van der Waals surface area contributed by atoms with Crippen molar-refractivity contribution < 1.29 is 23.9 Å². The number of carbonyl (C=O) groups excluding carboxylic acids is 4. The van der Waals surface area contributed by atoms with Gasteiger partial charge in [-0.25, -0.2) is 4.79 Å². The molecule has 1 atom stereocenters. The van der Waals surface area contributed by atoms with Gasteiger partial charge in [-0.3, -0.25) is 19.3 Å². The van der Waals surface area contributed by atoms with Crippen LogP contribution in [0.25, 0.3) is 0 Å². The summed E-state index contributed by atoms with van der Waals surface area (Å²) < 4.78 is 5.39. The zero-order chi connectivity index (χ0) is 22.9. The summed E-state index contributed by atoms with van der Waals surface area (Å²) in [6.45, 7) is 3.53. The lowest BCUT2D eigenvalue weighted by Crippen LogP contribution is -2.70. The molecule has 0 aliphatic carbocycles. The SMILES string of the molecule is CC(C)N1C(=O)c2ccccc2N2C(=O)CCC21C(=O)OCC(=O)NCCc1cccs1. The van der Waals surface area contributed by atoms with Gasteiger partial charge < -0.3 is 15.0 Å². The number of esters is 1. The summed E-state index contributed by atoms with van der Waals surface area (Å²) in [7, 11) is 0. The maximum Gasteiger partial charge on any atom is 0.354 e. The molecule has 3 heterocycles. The summed E-state index contributed by atoms with van der Waals surface area (Å²) in [6.07, 6.45) is 0.909. The lowest BCUT2D eigenvalue weighted by molar-refractivity contribution is -0.161. The Morgan fingerprint density at radius 1 is 1.19 bits per heavy atom. The Labute approximate surface area is 190 Å². The van der Waals surface area contributed by atoms with Crippen LogP contribution in [0.5, 0.6) is 0 Å². The van der Waals surface area contributed by atoms with Crippen LogP contribution in [0.1, 0.15) is 41.9 Å².